The van der Waals surface area contributed by atoms with Gasteiger partial charge in [-0.3, -0.25) is 9.97 Å². The molecular weight excluding hydrogens is 418 g/mol. The van der Waals surface area contributed by atoms with E-state index in [1.807, 2.05) is 54.9 Å². The number of rotatable bonds is 5. The fourth-order valence-electron chi connectivity index (χ4n) is 4.32. The molecule has 32 heavy (non-hydrogen) atoms. The molecule has 1 aliphatic heterocycles. The maximum Gasteiger partial charge on any atom is 0.174 e. The zero-order valence-corrected chi connectivity index (χ0v) is 18.7. The molecule has 4 heterocycles. The molecule has 3 aromatic heterocycles. The third-order valence-electron chi connectivity index (χ3n) is 5.74. The summed E-state index contributed by atoms with van der Waals surface area (Å²) in [5, 5.41) is 4.17. The highest BCUT2D eigenvalue weighted by Gasteiger charge is 2.42. The molecule has 2 atom stereocenters. The standard InChI is InChI=1S/C25H23N5OS/c1-17-11-12-22(29(17)19-8-6-13-26-16-19)24-23(21-10-3-4-14-27-21)28-25(32)30(24)18-7-5-9-20(15-18)31-2/h3-16,23-24H,1-2H3,(H,28,32)/t23-,24+/m1/s1. The second-order valence-electron chi connectivity index (χ2n) is 7.64. The van der Waals surface area contributed by atoms with E-state index >= 15 is 0 Å². The lowest BCUT2D eigenvalue weighted by Gasteiger charge is -2.29. The molecule has 0 saturated carbocycles. The lowest BCUT2D eigenvalue weighted by Crippen LogP contribution is -2.30. The minimum atomic E-state index is -0.126. The van der Waals surface area contributed by atoms with Crippen LogP contribution in [-0.4, -0.2) is 26.8 Å². The first kappa shape index (κ1) is 20.2. The van der Waals surface area contributed by atoms with Gasteiger partial charge in [-0.1, -0.05) is 12.1 Å². The van der Waals surface area contributed by atoms with Crippen LogP contribution in [0.5, 0.6) is 5.75 Å². The number of hydrogen-bond donors (Lipinski definition) is 1. The van der Waals surface area contributed by atoms with Gasteiger partial charge in [0, 0.05) is 35.5 Å². The van der Waals surface area contributed by atoms with Gasteiger partial charge in [0.25, 0.3) is 0 Å². The zero-order chi connectivity index (χ0) is 22.1. The third-order valence-corrected chi connectivity index (χ3v) is 6.06. The number of thiocarbonyl (C=S) groups is 1. The van der Waals surface area contributed by atoms with Crippen LogP contribution in [0.2, 0.25) is 0 Å². The first-order valence-corrected chi connectivity index (χ1v) is 10.8. The summed E-state index contributed by atoms with van der Waals surface area (Å²) >= 11 is 5.85. The Balaban J connectivity index is 1.70. The van der Waals surface area contributed by atoms with Gasteiger partial charge < -0.3 is 19.5 Å². The van der Waals surface area contributed by atoms with Gasteiger partial charge in [-0.2, -0.15) is 0 Å². The maximum absolute atomic E-state index is 5.85. The molecule has 1 saturated heterocycles. The molecule has 4 aromatic rings. The summed E-state index contributed by atoms with van der Waals surface area (Å²) in [5.74, 6) is 0.782. The van der Waals surface area contributed by atoms with E-state index in [2.05, 4.69) is 55.9 Å². The smallest absolute Gasteiger partial charge is 0.174 e. The van der Waals surface area contributed by atoms with Gasteiger partial charge in [0.15, 0.2) is 5.11 Å². The summed E-state index contributed by atoms with van der Waals surface area (Å²) in [7, 11) is 1.67. The average Bonchev–Trinajstić information content (AvgIpc) is 3.39. The highest BCUT2D eigenvalue weighted by atomic mass is 32.1. The molecule has 1 aromatic carbocycles. The van der Waals surface area contributed by atoms with Crippen molar-refractivity contribution in [2.75, 3.05) is 12.0 Å². The second-order valence-corrected chi connectivity index (χ2v) is 8.03. The van der Waals surface area contributed by atoms with Crippen LogP contribution in [0.15, 0.2) is 85.3 Å². The third kappa shape index (κ3) is 3.50. The van der Waals surface area contributed by atoms with Crippen molar-refractivity contribution in [2.24, 2.45) is 0 Å². The molecule has 0 amide bonds. The first-order chi connectivity index (χ1) is 15.7. The molecule has 6 nitrogen and oxygen atoms in total. The van der Waals surface area contributed by atoms with Gasteiger partial charge in [0.05, 0.1) is 30.7 Å². The van der Waals surface area contributed by atoms with E-state index in [1.165, 1.54) is 0 Å². The molecule has 0 radical (unpaired) electrons. The van der Waals surface area contributed by atoms with Gasteiger partial charge >= 0.3 is 0 Å². The minimum Gasteiger partial charge on any atom is -0.497 e. The van der Waals surface area contributed by atoms with Crippen LogP contribution in [-0.2, 0) is 0 Å². The molecule has 0 aliphatic carbocycles. The van der Waals surface area contributed by atoms with Crippen LogP contribution in [0.4, 0.5) is 5.69 Å². The summed E-state index contributed by atoms with van der Waals surface area (Å²) < 4.78 is 7.72. The van der Waals surface area contributed by atoms with E-state index in [0.29, 0.717) is 5.11 Å². The van der Waals surface area contributed by atoms with Crippen molar-refractivity contribution in [2.45, 2.75) is 19.0 Å². The van der Waals surface area contributed by atoms with Crippen LogP contribution in [0.25, 0.3) is 5.69 Å². The Kier molecular flexibility index (Phi) is 5.33. The number of aromatic nitrogens is 3. The van der Waals surface area contributed by atoms with Crippen molar-refractivity contribution in [1.82, 2.24) is 19.9 Å². The average molecular weight is 442 g/mol. The van der Waals surface area contributed by atoms with Crippen molar-refractivity contribution in [3.63, 3.8) is 0 Å². The van der Waals surface area contributed by atoms with Crippen LogP contribution < -0.4 is 15.0 Å². The number of methoxy groups -OCH3 is 1. The largest absolute Gasteiger partial charge is 0.497 e. The lowest BCUT2D eigenvalue weighted by molar-refractivity contribution is 0.414. The van der Waals surface area contributed by atoms with Gasteiger partial charge in [-0.05, 0) is 67.7 Å². The number of nitrogens with zero attached hydrogens (tertiary/aromatic N) is 4. The molecule has 7 heteroatoms. The predicted molar refractivity (Wildman–Crippen MR) is 129 cm³/mol. The highest BCUT2D eigenvalue weighted by Crippen LogP contribution is 2.43. The van der Waals surface area contributed by atoms with E-state index < -0.39 is 0 Å². The first-order valence-electron chi connectivity index (χ1n) is 10.4. The van der Waals surface area contributed by atoms with Crippen molar-refractivity contribution in [1.29, 1.82) is 0 Å². The SMILES string of the molecule is COc1cccc(N2C(=S)N[C@H](c3ccccn3)[C@@H]2c2ccc(C)n2-c2cccnc2)c1. The maximum atomic E-state index is 5.85. The van der Waals surface area contributed by atoms with Crippen molar-refractivity contribution in [3.8, 4) is 11.4 Å². The van der Waals surface area contributed by atoms with Crippen LogP contribution >= 0.6 is 12.2 Å². The highest BCUT2D eigenvalue weighted by molar-refractivity contribution is 7.80. The molecule has 1 fully saturated rings. The van der Waals surface area contributed by atoms with E-state index in [9.17, 15) is 0 Å². The van der Waals surface area contributed by atoms with Gasteiger partial charge in [-0.25, -0.2) is 0 Å². The quantitative estimate of drug-likeness (QED) is 0.451. The summed E-state index contributed by atoms with van der Waals surface area (Å²) in [4.78, 5) is 11.1. The molecular formula is C25H23N5OS. The Bertz CT molecular complexity index is 1240. The predicted octanol–water partition coefficient (Wildman–Crippen LogP) is 4.76. The van der Waals surface area contributed by atoms with Gasteiger partial charge in [-0.15, -0.1) is 0 Å². The number of ether oxygens (including phenoxy) is 1. The number of nitrogens with one attached hydrogen (secondary N) is 1. The summed E-state index contributed by atoms with van der Waals surface area (Å²) in [6.45, 7) is 2.10. The number of hydrogen-bond acceptors (Lipinski definition) is 4. The van der Waals surface area contributed by atoms with Crippen molar-refractivity contribution in [3.05, 3.63) is 102 Å². The topological polar surface area (TPSA) is 55.2 Å². The Hall–Kier alpha value is -3.71. The molecule has 0 spiro atoms. The summed E-state index contributed by atoms with van der Waals surface area (Å²) in [6, 6.07) is 22.0. The normalized spacial score (nSPS) is 17.9. The molecule has 160 valence electrons. The Morgan fingerprint density at radius 1 is 0.969 bits per heavy atom. The number of benzene rings is 1. The van der Waals surface area contributed by atoms with Crippen LogP contribution in [0.1, 0.15) is 29.2 Å². The molecule has 1 aliphatic rings. The van der Waals surface area contributed by atoms with E-state index in [0.717, 1.165) is 34.2 Å². The molecule has 5 rings (SSSR count). The van der Waals surface area contributed by atoms with Crippen LogP contribution in [0.3, 0.4) is 0 Å². The van der Waals surface area contributed by atoms with E-state index in [4.69, 9.17) is 17.0 Å². The fraction of sp³-hybridized carbons (Fsp3) is 0.160. The van der Waals surface area contributed by atoms with Crippen molar-refractivity contribution >= 4 is 23.0 Å². The Morgan fingerprint density at radius 2 is 1.84 bits per heavy atom. The van der Waals surface area contributed by atoms with E-state index in [1.54, 1.807) is 13.3 Å². The lowest BCUT2D eigenvalue weighted by atomic mass is 10.0. The molecule has 1 N–H and O–H groups in total. The zero-order valence-electron chi connectivity index (χ0n) is 17.8. The van der Waals surface area contributed by atoms with Crippen LogP contribution in [0, 0.1) is 6.92 Å². The van der Waals surface area contributed by atoms with E-state index in [-0.39, 0.29) is 12.1 Å². The summed E-state index contributed by atoms with van der Waals surface area (Å²) in [5.41, 5.74) is 5.12. The molecule has 0 bridgehead atoms. The van der Waals surface area contributed by atoms with Gasteiger partial charge in [0.2, 0.25) is 0 Å². The Labute approximate surface area is 192 Å². The monoisotopic (exact) mass is 441 g/mol. The Morgan fingerprint density at radius 3 is 2.59 bits per heavy atom. The number of aryl methyl sites for hydroxylation is 1. The summed E-state index contributed by atoms with van der Waals surface area (Å²) in [6.07, 6.45) is 5.48. The van der Waals surface area contributed by atoms with Crippen molar-refractivity contribution < 1.29 is 4.74 Å². The number of pyridine rings is 2. The fourth-order valence-corrected chi connectivity index (χ4v) is 4.67. The minimum absolute atomic E-state index is 0.125. The second kappa shape index (κ2) is 8.43. The number of anilines is 1. The molecule has 0 unspecified atom stereocenters. The van der Waals surface area contributed by atoms with Gasteiger partial charge in [0.1, 0.15) is 11.8 Å².